The third-order valence-corrected chi connectivity index (χ3v) is 3.56. The highest BCUT2D eigenvalue weighted by Gasteiger charge is 2.10. The molecule has 0 unspecified atom stereocenters. The third kappa shape index (κ3) is 6.91. The fourth-order valence-corrected chi connectivity index (χ4v) is 2.23. The second-order valence-electron chi connectivity index (χ2n) is 5.61. The molecule has 0 saturated carbocycles. The second kappa shape index (κ2) is 10.1. The lowest BCUT2D eigenvalue weighted by molar-refractivity contribution is -0.137. The number of aliphatic hydroxyl groups excluding tert-OH is 1. The molecule has 0 saturated heterocycles. The lowest BCUT2D eigenvalue weighted by Gasteiger charge is -2.13. The van der Waals surface area contributed by atoms with Crippen molar-refractivity contribution < 1.29 is 23.8 Å². The summed E-state index contributed by atoms with van der Waals surface area (Å²) in [7, 11) is 0. The zero-order valence-corrected chi connectivity index (χ0v) is 14.8. The van der Waals surface area contributed by atoms with Gasteiger partial charge in [-0.2, -0.15) is 0 Å². The molecule has 142 valence electrons. The molecular weight excluding hydrogens is 351 g/mol. The highest BCUT2D eigenvalue weighted by atomic mass is 19.1. The third-order valence-electron chi connectivity index (χ3n) is 3.56. The van der Waals surface area contributed by atoms with Crippen LogP contribution in [0.1, 0.15) is 24.2 Å². The first-order valence-corrected chi connectivity index (χ1v) is 8.41. The summed E-state index contributed by atoms with van der Waals surface area (Å²) < 4.78 is 17.9. The van der Waals surface area contributed by atoms with E-state index in [1.807, 2.05) is 0 Å². The van der Waals surface area contributed by atoms with Crippen LogP contribution in [0.25, 0.3) is 6.08 Å². The van der Waals surface area contributed by atoms with E-state index in [0.29, 0.717) is 17.9 Å². The maximum Gasteiger partial charge on any atom is 0.330 e. The number of nitrogens with one attached hydrogen (secondary N) is 2. The van der Waals surface area contributed by atoms with E-state index in [2.05, 4.69) is 10.6 Å². The van der Waals surface area contributed by atoms with E-state index in [4.69, 9.17) is 4.74 Å². The number of anilines is 1. The summed E-state index contributed by atoms with van der Waals surface area (Å²) in [5.74, 6) is -0.871. The zero-order chi connectivity index (χ0) is 19.6. The van der Waals surface area contributed by atoms with Crippen LogP contribution in [0, 0.1) is 5.82 Å². The van der Waals surface area contributed by atoms with Gasteiger partial charge < -0.3 is 20.5 Å². The SMILES string of the molecule is CCOC(=O)/C=C\c1ccc(NC(=O)NC[C@@H](O)c2cccc(F)c2)cc1. The minimum atomic E-state index is -1.01. The first-order valence-electron chi connectivity index (χ1n) is 8.41. The molecule has 6 nitrogen and oxygen atoms in total. The Hall–Kier alpha value is -3.19. The number of benzene rings is 2. The lowest BCUT2D eigenvalue weighted by Crippen LogP contribution is -2.32. The van der Waals surface area contributed by atoms with E-state index in [-0.39, 0.29) is 6.54 Å². The molecule has 0 spiro atoms. The van der Waals surface area contributed by atoms with Crippen molar-refractivity contribution in [3.63, 3.8) is 0 Å². The van der Waals surface area contributed by atoms with Crippen molar-refractivity contribution in [3.05, 3.63) is 71.6 Å². The van der Waals surface area contributed by atoms with Gasteiger partial charge in [-0.05, 0) is 48.4 Å². The van der Waals surface area contributed by atoms with E-state index in [1.165, 1.54) is 24.3 Å². The number of urea groups is 1. The van der Waals surface area contributed by atoms with E-state index in [1.54, 1.807) is 43.3 Å². The monoisotopic (exact) mass is 372 g/mol. The molecule has 0 aliphatic rings. The molecule has 3 N–H and O–H groups in total. The topological polar surface area (TPSA) is 87.7 Å². The molecule has 0 fully saturated rings. The van der Waals surface area contributed by atoms with Crippen LogP contribution < -0.4 is 10.6 Å². The number of hydrogen-bond acceptors (Lipinski definition) is 4. The summed E-state index contributed by atoms with van der Waals surface area (Å²) in [5.41, 5.74) is 1.70. The van der Waals surface area contributed by atoms with E-state index < -0.39 is 23.9 Å². The van der Waals surface area contributed by atoms with Crippen molar-refractivity contribution >= 4 is 23.8 Å². The summed E-state index contributed by atoms with van der Waals surface area (Å²) in [6.07, 6.45) is 1.92. The van der Waals surface area contributed by atoms with Gasteiger partial charge in [-0.25, -0.2) is 14.0 Å². The van der Waals surface area contributed by atoms with Crippen LogP contribution in [-0.2, 0) is 9.53 Å². The first kappa shape index (κ1) is 20.1. The summed E-state index contributed by atoms with van der Waals surface area (Å²) in [5, 5.41) is 15.1. The van der Waals surface area contributed by atoms with Crippen LogP contribution in [0.15, 0.2) is 54.6 Å². The summed E-state index contributed by atoms with van der Waals surface area (Å²) in [6, 6.07) is 11.9. The first-order chi connectivity index (χ1) is 13.0. The minimum Gasteiger partial charge on any atom is -0.463 e. The van der Waals surface area contributed by atoms with Gasteiger partial charge in [0.05, 0.1) is 12.7 Å². The van der Waals surface area contributed by atoms with Gasteiger partial charge in [0.2, 0.25) is 0 Å². The molecule has 0 aromatic heterocycles. The molecule has 2 rings (SSSR count). The van der Waals surface area contributed by atoms with Gasteiger partial charge in [0.25, 0.3) is 0 Å². The van der Waals surface area contributed by atoms with Crippen molar-refractivity contribution in [2.75, 3.05) is 18.5 Å². The number of ether oxygens (including phenoxy) is 1. The van der Waals surface area contributed by atoms with E-state index in [0.717, 1.165) is 5.56 Å². The van der Waals surface area contributed by atoms with E-state index >= 15 is 0 Å². The number of esters is 1. The molecule has 2 aromatic carbocycles. The number of carbonyl (C=O) groups excluding carboxylic acids is 2. The maximum atomic E-state index is 13.1. The minimum absolute atomic E-state index is 0.0599. The maximum absolute atomic E-state index is 13.1. The molecular formula is C20H21FN2O4. The Kier molecular flexibility index (Phi) is 7.51. The largest absolute Gasteiger partial charge is 0.463 e. The number of halogens is 1. The molecule has 0 heterocycles. The van der Waals surface area contributed by atoms with Gasteiger partial charge in [-0.1, -0.05) is 24.3 Å². The Bertz CT molecular complexity index is 806. The van der Waals surface area contributed by atoms with Crippen LogP contribution in [-0.4, -0.2) is 30.3 Å². The molecule has 0 bridgehead atoms. The molecule has 27 heavy (non-hydrogen) atoms. The summed E-state index contributed by atoms with van der Waals surface area (Å²) in [6.45, 7) is 1.99. The molecule has 7 heteroatoms. The Morgan fingerprint density at radius 1 is 1.22 bits per heavy atom. The lowest BCUT2D eigenvalue weighted by atomic mass is 10.1. The van der Waals surface area contributed by atoms with Gasteiger partial charge in [-0.3, -0.25) is 0 Å². The van der Waals surface area contributed by atoms with Gasteiger partial charge in [0.1, 0.15) is 5.82 Å². The van der Waals surface area contributed by atoms with Crippen molar-refractivity contribution in [1.29, 1.82) is 0 Å². The number of aliphatic hydroxyl groups is 1. The predicted octanol–water partition coefficient (Wildman–Crippen LogP) is 3.26. The van der Waals surface area contributed by atoms with Crippen LogP contribution >= 0.6 is 0 Å². The average molecular weight is 372 g/mol. The predicted molar refractivity (Wildman–Crippen MR) is 100 cm³/mol. The molecule has 1 atom stereocenters. The fourth-order valence-electron chi connectivity index (χ4n) is 2.23. The van der Waals surface area contributed by atoms with Gasteiger partial charge >= 0.3 is 12.0 Å². The Morgan fingerprint density at radius 2 is 1.96 bits per heavy atom. The molecule has 0 aliphatic carbocycles. The standard InChI is InChI=1S/C20H21FN2O4/c1-2-27-19(25)11-8-14-6-9-17(10-7-14)23-20(26)22-13-18(24)15-4-3-5-16(21)12-15/h3-12,18,24H,2,13H2,1H3,(H2,22,23,26)/b11-8-/t18-/m1/s1. The van der Waals surface area contributed by atoms with Crippen LogP contribution in [0.2, 0.25) is 0 Å². The second-order valence-corrected chi connectivity index (χ2v) is 5.61. The van der Waals surface area contributed by atoms with Crippen molar-refractivity contribution in [2.24, 2.45) is 0 Å². The molecule has 0 aliphatic heterocycles. The van der Waals surface area contributed by atoms with Crippen molar-refractivity contribution in [2.45, 2.75) is 13.0 Å². The van der Waals surface area contributed by atoms with Crippen molar-refractivity contribution in [1.82, 2.24) is 5.32 Å². The highest BCUT2D eigenvalue weighted by Crippen LogP contribution is 2.14. The normalized spacial score (nSPS) is 11.8. The quantitative estimate of drug-likeness (QED) is 0.514. The number of hydrogen-bond donors (Lipinski definition) is 3. The number of carbonyl (C=O) groups is 2. The smallest absolute Gasteiger partial charge is 0.330 e. The summed E-state index contributed by atoms with van der Waals surface area (Å²) >= 11 is 0. The van der Waals surface area contributed by atoms with Gasteiger partial charge in [0, 0.05) is 18.3 Å². The molecule has 2 aromatic rings. The van der Waals surface area contributed by atoms with Crippen LogP contribution in [0.5, 0.6) is 0 Å². The number of rotatable bonds is 7. The van der Waals surface area contributed by atoms with Crippen LogP contribution in [0.3, 0.4) is 0 Å². The molecule has 2 amide bonds. The van der Waals surface area contributed by atoms with Gasteiger partial charge in [0.15, 0.2) is 0 Å². The van der Waals surface area contributed by atoms with E-state index in [9.17, 15) is 19.1 Å². The zero-order valence-electron chi connectivity index (χ0n) is 14.8. The Labute approximate surface area is 156 Å². The van der Waals surface area contributed by atoms with Gasteiger partial charge in [-0.15, -0.1) is 0 Å². The Morgan fingerprint density at radius 3 is 2.63 bits per heavy atom. The van der Waals surface area contributed by atoms with Crippen LogP contribution in [0.4, 0.5) is 14.9 Å². The summed E-state index contributed by atoms with van der Waals surface area (Å²) in [4.78, 5) is 23.2. The highest BCUT2D eigenvalue weighted by molar-refractivity contribution is 5.90. The number of amides is 2. The fraction of sp³-hybridized carbons (Fsp3) is 0.200. The Balaban J connectivity index is 1.82. The van der Waals surface area contributed by atoms with Crippen molar-refractivity contribution in [3.8, 4) is 0 Å². The molecule has 0 radical (unpaired) electrons. The average Bonchev–Trinajstić information content (AvgIpc) is 2.66.